The first-order chi connectivity index (χ1) is 19.8. The van der Waals surface area contributed by atoms with Gasteiger partial charge in [0.15, 0.2) is 0 Å². The van der Waals surface area contributed by atoms with Crippen molar-refractivity contribution in [3.8, 4) is 0 Å². The molecule has 0 unspecified atom stereocenters. The minimum Gasteiger partial charge on any atom is -0.480 e. The number of unbranched alkanes of at least 4 members (excludes halogenated alkanes) is 1. The minimum atomic E-state index is -5.08. The highest BCUT2D eigenvalue weighted by molar-refractivity contribution is 5.96. The molecular weight excluding hydrogens is 557 g/mol. The number of nitrogens with two attached hydrogens (primary N) is 1. The van der Waals surface area contributed by atoms with E-state index < -0.39 is 41.7 Å². The molecule has 3 rings (SSSR count). The molecular formula is C29H31F3N4O6. The predicted molar refractivity (Wildman–Crippen MR) is 149 cm³/mol. The lowest BCUT2D eigenvalue weighted by Gasteiger charge is -2.22. The van der Waals surface area contributed by atoms with E-state index in [2.05, 4.69) is 10.3 Å². The smallest absolute Gasteiger partial charge is 0.480 e. The molecule has 1 atom stereocenters. The highest BCUT2D eigenvalue weighted by Gasteiger charge is 2.38. The number of nitrogens with one attached hydrogen (secondary N) is 1. The number of benzene rings is 2. The summed E-state index contributed by atoms with van der Waals surface area (Å²) in [7, 11) is 0. The van der Waals surface area contributed by atoms with Crippen LogP contribution in [-0.4, -0.2) is 57.2 Å². The summed E-state index contributed by atoms with van der Waals surface area (Å²) in [5, 5.41) is 19.2. The molecule has 5 N–H and O–H groups in total. The number of pyridine rings is 1. The number of amides is 1. The molecule has 1 amide bonds. The fourth-order valence-electron chi connectivity index (χ4n) is 3.88. The Hall–Kier alpha value is -4.94. The van der Waals surface area contributed by atoms with E-state index in [1.165, 1.54) is 10.6 Å². The van der Waals surface area contributed by atoms with Crippen molar-refractivity contribution in [3.05, 3.63) is 106 Å². The number of carboxylic acids is 2. The Kier molecular flexibility index (Phi) is 12.5. The van der Waals surface area contributed by atoms with Crippen molar-refractivity contribution in [2.45, 2.75) is 44.4 Å². The molecule has 0 aliphatic heterocycles. The number of carbonyl (C=O) groups is 3. The Morgan fingerprint density at radius 2 is 1.45 bits per heavy atom. The number of alkyl halides is 3. The van der Waals surface area contributed by atoms with Crippen LogP contribution in [0.5, 0.6) is 0 Å². The van der Waals surface area contributed by atoms with E-state index in [9.17, 15) is 32.7 Å². The van der Waals surface area contributed by atoms with Gasteiger partial charge in [-0.3, -0.25) is 14.6 Å². The molecule has 0 saturated carbocycles. The van der Waals surface area contributed by atoms with Crippen LogP contribution in [0.4, 0.5) is 13.2 Å². The third kappa shape index (κ3) is 10.2. The van der Waals surface area contributed by atoms with Crippen LogP contribution < -0.4 is 16.6 Å². The number of hydrogen-bond donors (Lipinski definition) is 4. The van der Waals surface area contributed by atoms with Crippen LogP contribution in [-0.2, 0) is 9.59 Å². The van der Waals surface area contributed by atoms with E-state index >= 15 is 0 Å². The lowest BCUT2D eigenvalue weighted by Crippen LogP contribution is -2.43. The number of aliphatic carboxylic acids is 2. The Bertz CT molecular complexity index is 1380. The topological polar surface area (TPSA) is 164 Å². The maximum absolute atomic E-state index is 13.4. The van der Waals surface area contributed by atoms with Gasteiger partial charge in [-0.05, 0) is 49.4 Å². The Morgan fingerprint density at radius 1 is 0.929 bits per heavy atom. The zero-order valence-corrected chi connectivity index (χ0v) is 22.6. The number of hydrogen-bond acceptors (Lipinski definition) is 5. The van der Waals surface area contributed by atoms with Gasteiger partial charge in [0.25, 0.3) is 11.5 Å². The van der Waals surface area contributed by atoms with Gasteiger partial charge in [0.05, 0.1) is 11.9 Å². The van der Waals surface area contributed by atoms with E-state index in [0.717, 1.165) is 11.1 Å². The summed E-state index contributed by atoms with van der Waals surface area (Å²) < 4.78 is 33.2. The van der Waals surface area contributed by atoms with Crippen LogP contribution in [0.1, 0.15) is 53.7 Å². The van der Waals surface area contributed by atoms with Gasteiger partial charge >= 0.3 is 18.1 Å². The fraction of sp³-hybridized carbons (Fsp3) is 0.276. The van der Waals surface area contributed by atoms with Crippen LogP contribution in [0.2, 0.25) is 0 Å². The van der Waals surface area contributed by atoms with E-state index in [1.54, 1.807) is 19.2 Å². The first kappa shape index (κ1) is 33.3. The lowest BCUT2D eigenvalue weighted by atomic mass is 9.98. The van der Waals surface area contributed by atoms with Gasteiger partial charge in [0.2, 0.25) is 0 Å². The van der Waals surface area contributed by atoms with Crippen molar-refractivity contribution in [2.75, 3.05) is 6.54 Å². The number of aliphatic imine (C=N–C) groups is 1. The monoisotopic (exact) mass is 588 g/mol. The first-order valence-corrected chi connectivity index (χ1v) is 12.7. The number of carbonyl (C=O) groups excluding carboxylic acids is 1. The summed E-state index contributed by atoms with van der Waals surface area (Å²) in [4.78, 5) is 51.1. The van der Waals surface area contributed by atoms with E-state index in [4.69, 9.17) is 15.6 Å². The zero-order chi connectivity index (χ0) is 31.3. The molecule has 0 aliphatic rings. The summed E-state index contributed by atoms with van der Waals surface area (Å²) in [6.45, 7) is 2.18. The molecule has 0 saturated heterocycles. The molecule has 0 aliphatic carbocycles. The fourth-order valence-corrected chi connectivity index (χ4v) is 3.88. The number of amidine groups is 1. The lowest BCUT2D eigenvalue weighted by molar-refractivity contribution is -0.192. The Balaban J connectivity index is 0.000000782. The van der Waals surface area contributed by atoms with Crippen molar-refractivity contribution < 1.29 is 37.8 Å². The van der Waals surface area contributed by atoms with Crippen molar-refractivity contribution >= 4 is 23.7 Å². The molecule has 42 heavy (non-hydrogen) atoms. The standard InChI is InChI=1S/C27H30N4O4.C2HF3O2/c1-19(28)29-17-9-8-16-23(27(34)35)30-25(32)22-15-10-18-31(26(22)33)24(20-11-4-2-5-12-20)21-13-6-3-7-14-21;3-2(4,5)1(6)7/h2-7,10-15,18,23-24H,8-9,16-17H2,1H3,(H2,28,29)(H,30,32)(H,34,35);(H,6,7)/t23-;/m0./s1. The SMILES string of the molecule is CC(N)=NCCCC[C@H](NC(=O)c1cccn(C(c2ccccc2)c2ccccc2)c1=O)C(=O)O.O=C(O)C(F)(F)F. The summed E-state index contributed by atoms with van der Waals surface area (Å²) in [6, 6.07) is 20.5. The summed E-state index contributed by atoms with van der Waals surface area (Å²) in [5.41, 5.74) is 6.66. The van der Waals surface area contributed by atoms with Crippen LogP contribution in [0, 0.1) is 0 Å². The number of nitrogens with zero attached hydrogens (tertiary/aromatic N) is 2. The highest BCUT2D eigenvalue weighted by atomic mass is 19.4. The highest BCUT2D eigenvalue weighted by Crippen LogP contribution is 2.25. The average molecular weight is 589 g/mol. The quantitative estimate of drug-likeness (QED) is 0.150. The van der Waals surface area contributed by atoms with Crippen molar-refractivity contribution in [1.29, 1.82) is 0 Å². The molecule has 0 bridgehead atoms. The second-order valence-electron chi connectivity index (χ2n) is 9.04. The molecule has 2 aromatic carbocycles. The number of aromatic nitrogens is 1. The molecule has 1 aromatic heterocycles. The molecule has 1 heterocycles. The summed E-state index contributed by atoms with van der Waals surface area (Å²) >= 11 is 0. The van der Waals surface area contributed by atoms with Crippen molar-refractivity contribution in [2.24, 2.45) is 10.7 Å². The van der Waals surface area contributed by atoms with E-state index in [1.807, 2.05) is 60.7 Å². The minimum absolute atomic E-state index is 0.112. The predicted octanol–water partition coefficient (Wildman–Crippen LogP) is 3.85. The second-order valence-corrected chi connectivity index (χ2v) is 9.04. The largest absolute Gasteiger partial charge is 0.490 e. The van der Waals surface area contributed by atoms with Crippen LogP contribution in [0.15, 0.2) is 88.8 Å². The third-order valence-electron chi connectivity index (χ3n) is 5.84. The third-order valence-corrected chi connectivity index (χ3v) is 5.84. The first-order valence-electron chi connectivity index (χ1n) is 12.7. The number of halogens is 3. The van der Waals surface area contributed by atoms with Crippen molar-refractivity contribution in [3.63, 3.8) is 0 Å². The van der Waals surface area contributed by atoms with E-state index in [-0.39, 0.29) is 12.0 Å². The molecule has 224 valence electrons. The van der Waals surface area contributed by atoms with Gasteiger partial charge in [0.1, 0.15) is 11.6 Å². The van der Waals surface area contributed by atoms with Crippen LogP contribution in [0.3, 0.4) is 0 Å². The van der Waals surface area contributed by atoms with Gasteiger partial charge in [-0.2, -0.15) is 13.2 Å². The normalized spacial score (nSPS) is 12.2. The summed E-state index contributed by atoms with van der Waals surface area (Å²) in [6.07, 6.45) is -2.05. The van der Waals surface area contributed by atoms with Crippen LogP contribution >= 0.6 is 0 Å². The molecule has 0 fully saturated rings. The second kappa shape index (κ2) is 15.7. The average Bonchev–Trinajstić information content (AvgIpc) is 2.94. The Labute approximate surface area is 239 Å². The molecule has 0 radical (unpaired) electrons. The van der Waals surface area contributed by atoms with Crippen molar-refractivity contribution in [1.82, 2.24) is 9.88 Å². The molecule has 13 heteroatoms. The number of carboxylic acid groups (broad SMARTS) is 2. The number of rotatable bonds is 11. The maximum atomic E-state index is 13.4. The van der Waals surface area contributed by atoms with E-state index in [0.29, 0.717) is 25.2 Å². The van der Waals surface area contributed by atoms with Crippen LogP contribution in [0.25, 0.3) is 0 Å². The molecule has 0 spiro atoms. The van der Waals surface area contributed by atoms with Gasteiger partial charge in [-0.1, -0.05) is 60.7 Å². The molecule has 10 nitrogen and oxygen atoms in total. The molecule has 3 aromatic rings. The van der Waals surface area contributed by atoms with Gasteiger partial charge < -0.3 is 25.8 Å². The maximum Gasteiger partial charge on any atom is 0.490 e. The van der Waals surface area contributed by atoms with Gasteiger partial charge in [-0.25, -0.2) is 9.59 Å². The van der Waals surface area contributed by atoms with Gasteiger partial charge in [0, 0.05) is 12.7 Å². The Morgan fingerprint density at radius 3 is 1.90 bits per heavy atom. The summed E-state index contributed by atoms with van der Waals surface area (Å²) in [5.74, 6) is -4.16. The zero-order valence-electron chi connectivity index (χ0n) is 22.6. The van der Waals surface area contributed by atoms with Gasteiger partial charge in [-0.15, -0.1) is 0 Å².